The van der Waals surface area contributed by atoms with E-state index < -0.39 is 6.10 Å². The number of ether oxygens (including phenoxy) is 1. The zero-order valence-electron chi connectivity index (χ0n) is 15.2. The Hall–Kier alpha value is -1.83. The highest BCUT2D eigenvalue weighted by molar-refractivity contribution is 5.23. The van der Waals surface area contributed by atoms with Crippen LogP contribution in [-0.2, 0) is 17.7 Å². The van der Waals surface area contributed by atoms with Crippen LogP contribution in [0.3, 0.4) is 0 Å². The first-order valence-electron chi connectivity index (χ1n) is 8.86. The number of benzene rings is 1. The van der Waals surface area contributed by atoms with Crippen molar-refractivity contribution in [3.63, 3.8) is 0 Å². The van der Waals surface area contributed by atoms with E-state index in [4.69, 9.17) is 4.74 Å². The number of hydrogen-bond donors (Lipinski definition) is 1. The molecule has 0 radical (unpaired) electrons. The van der Waals surface area contributed by atoms with Crippen LogP contribution >= 0.6 is 0 Å². The summed E-state index contributed by atoms with van der Waals surface area (Å²) in [6.07, 6.45) is 0.511. The van der Waals surface area contributed by atoms with Crippen molar-refractivity contribution in [1.29, 1.82) is 0 Å². The van der Waals surface area contributed by atoms with E-state index in [1.165, 1.54) is 10.4 Å². The van der Waals surface area contributed by atoms with Crippen molar-refractivity contribution in [2.24, 2.45) is 0 Å². The first-order valence-corrected chi connectivity index (χ1v) is 8.86. The van der Waals surface area contributed by atoms with E-state index in [9.17, 15) is 5.11 Å². The summed E-state index contributed by atoms with van der Waals surface area (Å²) in [5, 5.41) is 22.9. The number of rotatable bonds is 6. The van der Waals surface area contributed by atoms with Crippen LogP contribution in [0.1, 0.15) is 30.8 Å². The average Bonchev–Trinajstić information content (AvgIpc) is 2.95. The Kier molecular flexibility index (Phi) is 5.78. The quantitative estimate of drug-likeness (QED) is 0.843. The lowest BCUT2D eigenvalue weighted by atomic mass is 10.1. The summed E-state index contributed by atoms with van der Waals surface area (Å²) in [7, 11) is 0. The molecule has 136 valence electrons. The molecule has 0 amide bonds. The molecule has 1 aromatic carbocycles. The van der Waals surface area contributed by atoms with E-state index in [-0.39, 0.29) is 12.2 Å². The normalized spacial score (nSPS) is 22.9. The van der Waals surface area contributed by atoms with E-state index >= 15 is 0 Å². The Balaban J connectivity index is 1.51. The predicted octanol–water partition coefficient (Wildman–Crippen LogP) is 1.04. The van der Waals surface area contributed by atoms with Crippen LogP contribution in [-0.4, -0.2) is 68.2 Å². The van der Waals surface area contributed by atoms with E-state index in [0.29, 0.717) is 25.3 Å². The molecule has 2 aromatic rings. The third kappa shape index (κ3) is 5.32. The number of aromatic nitrogens is 4. The molecule has 1 aliphatic heterocycles. The standard InChI is InChI=1S/C18H27N5O2/c1-13-4-6-16(7-5-13)8-18-19-21-23(20-18)12-17(24)11-22-9-14(2)25-15(3)10-22/h4-7,14-15,17,24H,8-12H2,1-3H3/t14-,15-,17+/m0/s1. The summed E-state index contributed by atoms with van der Waals surface area (Å²) < 4.78 is 5.72. The minimum Gasteiger partial charge on any atom is -0.390 e. The van der Waals surface area contributed by atoms with Gasteiger partial charge in [0.05, 0.1) is 24.9 Å². The van der Waals surface area contributed by atoms with Crippen molar-refractivity contribution in [1.82, 2.24) is 25.1 Å². The second kappa shape index (κ2) is 8.03. The van der Waals surface area contributed by atoms with Crippen LogP contribution in [0.4, 0.5) is 0 Å². The number of aliphatic hydroxyl groups is 1. The number of morpholine rings is 1. The van der Waals surface area contributed by atoms with Crippen molar-refractivity contribution < 1.29 is 9.84 Å². The van der Waals surface area contributed by atoms with Crippen LogP contribution in [0.2, 0.25) is 0 Å². The molecule has 7 nitrogen and oxygen atoms in total. The molecule has 0 unspecified atom stereocenters. The summed E-state index contributed by atoms with van der Waals surface area (Å²) in [6, 6.07) is 8.30. The molecule has 0 spiro atoms. The Morgan fingerprint density at radius 3 is 2.52 bits per heavy atom. The first-order chi connectivity index (χ1) is 12.0. The lowest BCUT2D eigenvalue weighted by molar-refractivity contribution is -0.0776. The fourth-order valence-corrected chi connectivity index (χ4v) is 3.29. The lowest BCUT2D eigenvalue weighted by Crippen LogP contribution is -2.48. The molecule has 3 rings (SSSR count). The van der Waals surface area contributed by atoms with Gasteiger partial charge in [0, 0.05) is 26.1 Å². The molecule has 0 bridgehead atoms. The minimum absolute atomic E-state index is 0.196. The Labute approximate surface area is 148 Å². The molecule has 2 heterocycles. The van der Waals surface area contributed by atoms with Gasteiger partial charge in [-0.05, 0) is 31.5 Å². The third-order valence-electron chi connectivity index (χ3n) is 4.32. The minimum atomic E-state index is -0.529. The maximum Gasteiger partial charge on any atom is 0.179 e. The van der Waals surface area contributed by atoms with Gasteiger partial charge in [0.15, 0.2) is 5.82 Å². The number of hydrogen-bond acceptors (Lipinski definition) is 6. The van der Waals surface area contributed by atoms with Crippen molar-refractivity contribution >= 4 is 0 Å². The maximum absolute atomic E-state index is 10.3. The van der Waals surface area contributed by atoms with Crippen molar-refractivity contribution in [2.75, 3.05) is 19.6 Å². The molecule has 1 aliphatic rings. The number of aliphatic hydroxyl groups excluding tert-OH is 1. The molecule has 25 heavy (non-hydrogen) atoms. The van der Waals surface area contributed by atoms with E-state index in [1.54, 1.807) is 0 Å². The number of aryl methyl sites for hydroxylation is 1. The average molecular weight is 345 g/mol. The summed E-state index contributed by atoms with van der Waals surface area (Å²) >= 11 is 0. The zero-order chi connectivity index (χ0) is 17.8. The highest BCUT2D eigenvalue weighted by atomic mass is 16.5. The molecular weight excluding hydrogens is 318 g/mol. The largest absolute Gasteiger partial charge is 0.390 e. The zero-order valence-corrected chi connectivity index (χ0v) is 15.2. The lowest BCUT2D eigenvalue weighted by Gasteiger charge is -2.36. The van der Waals surface area contributed by atoms with Gasteiger partial charge in [-0.3, -0.25) is 4.90 Å². The Morgan fingerprint density at radius 2 is 1.84 bits per heavy atom. The second-order valence-corrected chi connectivity index (χ2v) is 7.05. The highest BCUT2D eigenvalue weighted by Gasteiger charge is 2.24. The molecule has 1 saturated heterocycles. The van der Waals surface area contributed by atoms with Crippen LogP contribution in [0, 0.1) is 6.92 Å². The molecule has 1 N–H and O–H groups in total. The van der Waals surface area contributed by atoms with Crippen LogP contribution in [0.25, 0.3) is 0 Å². The van der Waals surface area contributed by atoms with Crippen LogP contribution in [0.5, 0.6) is 0 Å². The van der Waals surface area contributed by atoms with E-state index in [1.807, 2.05) is 0 Å². The van der Waals surface area contributed by atoms with Gasteiger partial charge in [-0.15, -0.1) is 10.2 Å². The van der Waals surface area contributed by atoms with Crippen molar-refractivity contribution in [3.8, 4) is 0 Å². The SMILES string of the molecule is Cc1ccc(Cc2nnn(C[C@H](O)CN3C[C@H](C)O[C@@H](C)C3)n2)cc1. The molecule has 3 atom stereocenters. The van der Waals surface area contributed by atoms with Crippen molar-refractivity contribution in [2.45, 2.75) is 52.0 Å². The molecule has 7 heteroatoms. The first kappa shape index (κ1) is 18.0. The Bertz CT molecular complexity index is 662. The van der Waals surface area contributed by atoms with Gasteiger partial charge in [0.2, 0.25) is 0 Å². The predicted molar refractivity (Wildman–Crippen MR) is 94.3 cm³/mol. The maximum atomic E-state index is 10.3. The molecule has 1 aromatic heterocycles. The van der Waals surface area contributed by atoms with Gasteiger partial charge in [-0.2, -0.15) is 4.80 Å². The second-order valence-electron chi connectivity index (χ2n) is 7.05. The van der Waals surface area contributed by atoms with Gasteiger partial charge in [0.1, 0.15) is 0 Å². The topological polar surface area (TPSA) is 76.3 Å². The van der Waals surface area contributed by atoms with Gasteiger partial charge in [0.25, 0.3) is 0 Å². The summed E-state index contributed by atoms with van der Waals surface area (Å²) in [5.41, 5.74) is 2.39. The fourth-order valence-electron chi connectivity index (χ4n) is 3.29. The molecular formula is C18H27N5O2. The van der Waals surface area contributed by atoms with Gasteiger partial charge >= 0.3 is 0 Å². The van der Waals surface area contributed by atoms with E-state index in [0.717, 1.165) is 18.7 Å². The highest BCUT2D eigenvalue weighted by Crippen LogP contribution is 2.11. The molecule has 0 saturated carbocycles. The number of tetrazole rings is 1. The van der Waals surface area contributed by atoms with E-state index in [2.05, 4.69) is 65.3 Å². The fraction of sp³-hybridized carbons (Fsp3) is 0.611. The van der Waals surface area contributed by atoms with Gasteiger partial charge in [-0.1, -0.05) is 29.8 Å². The number of nitrogens with zero attached hydrogens (tertiary/aromatic N) is 5. The monoisotopic (exact) mass is 345 g/mol. The van der Waals surface area contributed by atoms with Crippen LogP contribution in [0.15, 0.2) is 24.3 Å². The summed E-state index contributed by atoms with van der Waals surface area (Å²) in [6.45, 7) is 8.80. The van der Waals surface area contributed by atoms with Gasteiger partial charge in [-0.25, -0.2) is 0 Å². The van der Waals surface area contributed by atoms with Crippen LogP contribution < -0.4 is 0 Å². The smallest absolute Gasteiger partial charge is 0.179 e. The van der Waals surface area contributed by atoms with Crippen molar-refractivity contribution in [3.05, 3.63) is 41.2 Å². The number of β-amino-alcohol motifs (C(OH)–C–C–N with tert-alkyl or cyclic N) is 1. The molecule has 0 aliphatic carbocycles. The third-order valence-corrected chi connectivity index (χ3v) is 4.32. The van der Waals surface area contributed by atoms with Gasteiger partial charge < -0.3 is 9.84 Å². The molecule has 1 fully saturated rings. The summed E-state index contributed by atoms with van der Waals surface area (Å²) in [5.74, 6) is 0.671. The summed E-state index contributed by atoms with van der Waals surface area (Å²) in [4.78, 5) is 3.72. The Morgan fingerprint density at radius 1 is 1.16 bits per heavy atom.